The van der Waals surface area contributed by atoms with Crippen LogP contribution < -0.4 is 4.73 Å². The van der Waals surface area contributed by atoms with Crippen LogP contribution in [0.4, 0.5) is 0 Å². The van der Waals surface area contributed by atoms with Gasteiger partial charge in [0.2, 0.25) is 0 Å². The highest BCUT2D eigenvalue weighted by molar-refractivity contribution is 5.89. The van der Waals surface area contributed by atoms with E-state index in [4.69, 9.17) is 0 Å². The van der Waals surface area contributed by atoms with Gasteiger partial charge in [-0.25, -0.2) is 9.30 Å². The zero-order valence-electron chi connectivity index (χ0n) is 14.5. The van der Waals surface area contributed by atoms with E-state index in [1.807, 2.05) is 72.2 Å². The van der Waals surface area contributed by atoms with Gasteiger partial charge >= 0.3 is 0 Å². The SMILES string of the molecule is C/C(=N\O)C(c1ccccc1)n1c(-c2ccccc2)c(C)[n+]([O-])c1C. The van der Waals surface area contributed by atoms with Crippen molar-refractivity contribution in [2.75, 3.05) is 0 Å². The minimum atomic E-state index is -0.365. The Morgan fingerprint density at radius 3 is 2.16 bits per heavy atom. The zero-order chi connectivity index (χ0) is 18.0. The van der Waals surface area contributed by atoms with Crippen LogP contribution in [-0.4, -0.2) is 15.5 Å². The summed E-state index contributed by atoms with van der Waals surface area (Å²) in [5.74, 6) is 0.549. The number of hydrogen-bond donors (Lipinski definition) is 1. The predicted octanol–water partition coefficient (Wildman–Crippen LogP) is 3.84. The van der Waals surface area contributed by atoms with Crippen molar-refractivity contribution in [3.8, 4) is 11.3 Å². The lowest BCUT2D eigenvalue weighted by atomic mass is 10.0. The third-order valence-corrected chi connectivity index (χ3v) is 4.50. The van der Waals surface area contributed by atoms with E-state index in [9.17, 15) is 10.4 Å². The Morgan fingerprint density at radius 1 is 1.04 bits per heavy atom. The average molecular weight is 335 g/mol. The average Bonchev–Trinajstić information content (AvgIpc) is 2.88. The number of imidazole rings is 1. The summed E-state index contributed by atoms with van der Waals surface area (Å²) >= 11 is 0. The minimum absolute atomic E-state index is 0.365. The van der Waals surface area contributed by atoms with Crippen molar-refractivity contribution in [1.29, 1.82) is 0 Å². The Labute approximate surface area is 147 Å². The fraction of sp³-hybridized carbons (Fsp3) is 0.200. The van der Waals surface area contributed by atoms with Crippen LogP contribution in [0.2, 0.25) is 0 Å². The zero-order valence-corrected chi connectivity index (χ0v) is 14.5. The van der Waals surface area contributed by atoms with Gasteiger partial charge in [0.25, 0.3) is 5.82 Å². The number of benzene rings is 2. The van der Waals surface area contributed by atoms with Gasteiger partial charge in [-0.3, -0.25) is 0 Å². The summed E-state index contributed by atoms with van der Waals surface area (Å²) in [6.45, 7) is 5.36. The molecule has 1 heterocycles. The second-order valence-corrected chi connectivity index (χ2v) is 6.07. The van der Waals surface area contributed by atoms with Gasteiger partial charge in [0, 0.05) is 25.0 Å². The largest absolute Gasteiger partial charge is 0.711 e. The fourth-order valence-corrected chi connectivity index (χ4v) is 3.30. The van der Waals surface area contributed by atoms with E-state index in [0.29, 0.717) is 17.2 Å². The van der Waals surface area contributed by atoms with Crippen LogP contribution >= 0.6 is 0 Å². The lowest BCUT2D eigenvalue weighted by Crippen LogP contribution is -2.32. The van der Waals surface area contributed by atoms with Crippen molar-refractivity contribution in [2.45, 2.75) is 26.8 Å². The first-order valence-electron chi connectivity index (χ1n) is 8.16. The summed E-state index contributed by atoms with van der Waals surface area (Å²) in [7, 11) is 0. The highest BCUT2D eigenvalue weighted by Crippen LogP contribution is 2.31. The number of aromatic nitrogens is 2. The number of rotatable bonds is 4. The molecule has 1 aromatic heterocycles. The Morgan fingerprint density at radius 2 is 1.60 bits per heavy atom. The molecule has 0 aliphatic rings. The molecule has 0 aliphatic heterocycles. The third kappa shape index (κ3) is 2.89. The molecule has 0 aliphatic carbocycles. The van der Waals surface area contributed by atoms with E-state index in [2.05, 4.69) is 5.16 Å². The molecule has 128 valence electrons. The van der Waals surface area contributed by atoms with Crippen LogP contribution in [0, 0.1) is 19.1 Å². The first-order valence-corrected chi connectivity index (χ1v) is 8.16. The molecule has 2 aromatic carbocycles. The summed E-state index contributed by atoms with van der Waals surface area (Å²) in [6.07, 6.45) is 0. The molecule has 0 radical (unpaired) electrons. The van der Waals surface area contributed by atoms with Crippen molar-refractivity contribution in [1.82, 2.24) is 4.57 Å². The number of hydrogen-bond acceptors (Lipinski definition) is 3. The molecule has 3 aromatic rings. The van der Waals surface area contributed by atoms with E-state index in [1.54, 1.807) is 13.8 Å². The fourth-order valence-electron chi connectivity index (χ4n) is 3.30. The Bertz CT molecular complexity index is 900. The van der Waals surface area contributed by atoms with Gasteiger partial charge < -0.3 is 10.4 Å². The first kappa shape index (κ1) is 16.8. The monoisotopic (exact) mass is 335 g/mol. The molecule has 0 bridgehead atoms. The Kier molecular flexibility index (Phi) is 4.57. The summed E-state index contributed by atoms with van der Waals surface area (Å²) in [5, 5.41) is 25.5. The summed E-state index contributed by atoms with van der Waals surface area (Å²) in [4.78, 5) is 0. The van der Waals surface area contributed by atoms with Crippen LogP contribution in [0.15, 0.2) is 65.8 Å². The van der Waals surface area contributed by atoms with E-state index in [-0.39, 0.29) is 6.04 Å². The van der Waals surface area contributed by atoms with Gasteiger partial charge in [-0.1, -0.05) is 65.8 Å². The van der Waals surface area contributed by atoms with E-state index < -0.39 is 0 Å². The number of nitrogens with zero attached hydrogens (tertiary/aromatic N) is 3. The van der Waals surface area contributed by atoms with Crippen molar-refractivity contribution >= 4 is 5.71 Å². The molecule has 1 unspecified atom stereocenters. The maximum absolute atomic E-state index is 12.6. The number of oxime groups is 1. The third-order valence-electron chi connectivity index (χ3n) is 4.50. The van der Waals surface area contributed by atoms with Crippen LogP contribution in [-0.2, 0) is 0 Å². The second-order valence-electron chi connectivity index (χ2n) is 6.07. The van der Waals surface area contributed by atoms with Crippen LogP contribution in [0.5, 0.6) is 0 Å². The van der Waals surface area contributed by atoms with Crippen LogP contribution in [0.25, 0.3) is 11.3 Å². The molecule has 1 atom stereocenters. The molecule has 1 N–H and O–H groups in total. The highest BCUT2D eigenvalue weighted by atomic mass is 16.5. The molecule has 0 fully saturated rings. The van der Waals surface area contributed by atoms with Crippen molar-refractivity contribution < 1.29 is 9.94 Å². The lowest BCUT2D eigenvalue weighted by Gasteiger charge is -2.17. The van der Waals surface area contributed by atoms with Crippen LogP contribution in [0.3, 0.4) is 0 Å². The maximum atomic E-state index is 12.6. The highest BCUT2D eigenvalue weighted by Gasteiger charge is 2.32. The van der Waals surface area contributed by atoms with Crippen LogP contribution in [0.1, 0.15) is 30.0 Å². The van der Waals surface area contributed by atoms with Gasteiger partial charge in [-0.2, -0.15) is 0 Å². The smallest absolute Gasteiger partial charge is 0.257 e. The van der Waals surface area contributed by atoms with Crippen molar-refractivity contribution in [3.63, 3.8) is 0 Å². The Balaban J connectivity index is 2.33. The van der Waals surface area contributed by atoms with Gasteiger partial charge in [-0.15, -0.1) is 0 Å². The molecular formula is C20H21N3O2. The van der Waals surface area contributed by atoms with E-state index in [0.717, 1.165) is 21.6 Å². The van der Waals surface area contributed by atoms with Crippen molar-refractivity contribution in [2.24, 2.45) is 5.16 Å². The molecule has 5 nitrogen and oxygen atoms in total. The Hall–Kier alpha value is -3.08. The van der Waals surface area contributed by atoms with Gasteiger partial charge in [-0.05, 0) is 6.92 Å². The predicted molar refractivity (Wildman–Crippen MR) is 97.8 cm³/mol. The minimum Gasteiger partial charge on any atom is -0.711 e. The molecule has 0 saturated carbocycles. The van der Waals surface area contributed by atoms with E-state index >= 15 is 0 Å². The molecule has 0 amide bonds. The van der Waals surface area contributed by atoms with Gasteiger partial charge in [0.15, 0.2) is 17.4 Å². The topological polar surface area (TPSA) is 64.5 Å². The van der Waals surface area contributed by atoms with Gasteiger partial charge in [0.1, 0.15) is 5.71 Å². The molecule has 3 rings (SSSR count). The second kappa shape index (κ2) is 6.81. The maximum Gasteiger partial charge on any atom is 0.257 e. The molecule has 5 heteroatoms. The van der Waals surface area contributed by atoms with E-state index in [1.165, 1.54) is 0 Å². The quantitative estimate of drug-likeness (QED) is 0.259. The lowest BCUT2D eigenvalue weighted by molar-refractivity contribution is -0.618. The molecule has 0 saturated heterocycles. The summed E-state index contributed by atoms with van der Waals surface area (Å²) in [5.41, 5.74) is 3.86. The van der Waals surface area contributed by atoms with Crippen molar-refractivity contribution in [3.05, 3.63) is 83.0 Å². The molecular weight excluding hydrogens is 314 g/mol. The first-order chi connectivity index (χ1) is 12.1. The molecule has 25 heavy (non-hydrogen) atoms. The molecule has 0 spiro atoms. The summed E-state index contributed by atoms with van der Waals surface area (Å²) in [6, 6.07) is 19.2. The standard InChI is InChI=1S/C20H21N3O2/c1-14(21-24)19(17-10-6-4-7-11-17)22-16(3)23(25)15(2)20(22)18-12-8-5-9-13-18/h4-13,19,24H,1-3H3/b21-14+. The van der Waals surface area contributed by atoms with Gasteiger partial charge in [0.05, 0.1) is 0 Å². The normalized spacial score (nSPS) is 13.0. The summed E-state index contributed by atoms with van der Waals surface area (Å²) < 4.78 is 2.88.